The van der Waals surface area contributed by atoms with Gasteiger partial charge in [-0.15, -0.1) is 0 Å². The summed E-state index contributed by atoms with van der Waals surface area (Å²) in [6.45, 7) is 5.37. The Labute approximate surface area is 131 Å². The smallest absolute Gasteiger partial charge is 0.315 e. The van der Waals surface area contributed by atoms with Gasteiger partial charge in [-0.1, -0.05) is 25.1 Å². The number of nitrogens with one attached hydrogen (secondary N) is 2. The normalized spacial score (nSPS) is 13.8. The second kappa shape index (κ2) is 7.84. The number of carbonyl (C=O) groups excluding carboxylic acids is 1. The van der Waals surface area contributed by atoms with E-state index in [1.165, 1.54) is 10.9 Å². The SMILES string of the molecule is CC(CO)C(C)NC(=O)NCCCn1ccc2ccccc21. The van der Waals surface area contributed by atoms with Crippen LogP contribution in [0.3, 0.4) is 0 Å². The van der Waals surface area contributed by atoms with Gasteiger partial charge in [0.1, 0.15) is 0 Å². The second-order valence-corrected chi connectivity index (χ2v) is 5.77. The largest absolute Gasteiger partial charge is 0.396 e. The van der Waals surface area contributed by atoms with Gasteiger partial charge < -0.3 is 20.3 Å². The molecule has 0 fully saturated rings. The van der Waals surface area contributed by atoms with Crippen molar-refractivity contribution in [1.82, 2.24) is 15.2 Å². The summed E-state index contributed by atoms with van der Waals surface area (Å²) in [6.07, 6.45) is 2.95. The Balaban J connectivity index is 1.72. The number of aliphatic hydroxyl groups excluding tert-OH is 1. The molecule has 0 aliphatic rings. The lowest BCUT2D eigenvalue weighted by Gasteiger charge is -2.19. The van der Waals surface area contributed by atoms with Gasteiger partial charge in [0.2, 0.25) is 0 Å². The van der Waals surface area contributed by atoms with Crippen molar-refractivity contribution in [1.29, 1.82) is 0 Å². The van der Waals surface area contributed by atoms with Crippen LogP contribution < -0.4 is 10.6 Å². The number of urea groups is 1. The first-order valence-electron chi connectivity index (χ1n) is 7.81. The Bertz CT molecular complexity index is 609. The molecule has 2 rings (SSSR count). The second-order valence-electron chi connectivity index (χ2n) is 5.77. The Morgan fingerprint density at radius 3 is 2.82 bits per heavy atom. The average Bonchev–Trinajstić information content (AvgIpc) is 2.94. The molecule has 2 amide bonds. The molecule has 0 spiro atoms. The van der Waals surface area contributed by atoms with Crippen molar-refractivity contribution in [2.75, 3.05) is 13.2 Å². The maximum Gasteiger partial charge on any atom is 0.315 e. The molecule has 0 saturated heterocycles. The van der Waals surface area contributed by atoms with Crippen LogP contribution in [0.2, 0.25) is 0 Å². The van der Waals surface area contributed by atoms with Crippen LogP contribution in [-0.4, -0.2) is 34.9 Å². The number of hydrogen-bond donors (Lipinski definition) is 3. The van der Waals surface area contributed by atoms with E-state index in [2.05, 4.69) is 39.6 Å². The molecule has 0 aliphatic heterocycles. The molecule has 2 aromatic rings. The number of aryl methyl sites for hydroxylation is 1. The molecule has 2 unspecified atom stereocenters. The predicted molar refractivity (Wildman–Crippen MR) is 88.8 cm³/mol. The van der Waals surface area contributed by atoms with E-state index in [1.807, 2.05) is 26.0 Å². The van der Waals surface area contributed by atoms with Gasteiger partial charge in [-0.25, -0.2) is 4.79 Å². The maximum atomic E-state index is 11.7. The topological polar surface area (TPSA) is 66.3 Å². The van der Waals surface area contributed by atoms with E-state index in [1.54, 1.807) is 0 Å². The van der Waals surface area contributed by atoms with Crippen molar-refractivity contribution in [3.63, 3.8) is 0 Å². The van der Waals surface area contributed by atoms with Crippen LogP contribution in [0, 0.1) is 5.92 Å². The van der Waals surface area contributed by atoms with Crippen molar-refractivity contribution in [3.05, 3.63) is 36.5 Å². The lowest BCUT2D eigenvalue weighted by Crippen LogP contribution is -2.44. The molecule has 120 valence electrons. The molecule has 1 aromatic heterocycles. The van der Waals surface area contributed by atoms with E-state index in [0.29, 0.717) is 6.54 Å². The number of amides is 2. The number of para-hydroxylation sites is 1. The summed E-state index contributed by atoms with van der Waals surface area (Å²) in [5.74, 6) is 0.0528. The van der Waals surface area contributed by atoms with E-state index in [-0.39, 0.29) is 24.6 Å². The van der Waals surface area contributed by atoms with Crippen LogP contribution in [0.1, 0.15) is 20.3 Å². The molecule has 0 bridgehead atoms. The first kappa shape index (κ1) is 16.4. The van der Waals surface area contributed by atoms with Gasteiger partial charge >= 0.3 is 6.03 Å². The highest BCUT2D eigenvalue weighted by atomic mass is 16.3. The van der Waals surface area contributed by atoms with Crippen molar-refractivity contribution in [2.45, 2.75) is 32.9 Å². The number of carbonyl (C=O) groups is 1. The van der Waals surface area contributed by atoms with E-state index < -0.39 is 0 Å². The molecular formula is C17H25N3O2. The number of hydrogen-bond acceptors (Lipinski definition) is 2. The molecule has 22 heavy (non-hydrogen) atoms. The van der Waals surface area contributed by atoms with Crippen LogP contribution in [0.25, 0.3) is 10.9 Å². The minimum Gasteiger partial charge on any atom is -0.396 e. The van der Waals surface area contributed by atoms with Crippen molar-refractivity contribution in [2.24, 2.45) is 5.92 Å². The maximum absolute atomic E-state index is 11.7. The van der Waals surface area contributed by atoms with Crippen molar-refractivity contribution in [3.8, 4) is 0 Å². The highest BCUT2D eigenvalue weighted by Gasteiger charge is 2.13. The Hall–Kier alpha value is -2.01. The van der Waals surface area contributed by atoms with Gasteiger partial charge in [0.25, 0.3) is 0 Å². The van der Waals surface area contributed by atoms with Crippen LogP contribution in [0.4, 0.5) is 4.79 Å². The minimum atomic E-state index is -0.176. The van der Waals surface area contributed by atoms with E-state index in [9.17, 15) is 4.79 Å². The number of rotatable bonds is 7. The highest BCUT2D eigenvalue weighted by molar-refractivity contribution is 5.79. The van der Waals surface area contributed by atoms with Gasteiger partial charge in [-0.2, -0.15) is 0 Å². The molecule has 5 heteroatoms. The van der Waals surface area contributed by atoms with Crippen LogP contribution in [-0.2, 0) is 6.54 Å². The van der Waals surface area contributed by atoms with Crippen molar-refractivity contribution >= 4 is 16.9 Å². The molecule has 3 N–H and O–H groups in total. The van der Waals surface area contributed by atoms with E-state index >= 15 is 0 Å². The summed E-state index contributed by atoms with van der Waals surface area (Å²) in [6, 6.07) is 10.2. The van der Waals surface area contributed by atoms with Crippen LogP contribution in [0.5, 0.6) is 0 Å². The van der Waals surface area contributed by atoms with Crippen LogP contribution >= 0.6 is 0 Å². The Kier molecular flexibility index (Phi) is 5.83. The monoisotopic (exact) mass is 303 g/mol. The zero-order valence-corrected chi connectivity index (χ0v) is 13.2. The molecule has 0 saturated carbocycles. The fraction of sp³-hybridized carbons (Fsp3) is 0.471. The van der Waals surface area contributed by atoms with E-state index in [0.717, 1.165) is 13.0 Å². The number of fused-ring (bicyclic) bond motifs is 1. The number of aliphatic hydroxyl groups is 1. The summed E-state index contributed by atoms with van der Waals surface area (Å²) in [7, 11) is 0. The zero-order valence-electron chi connectivity index (χ0n) is 13.2. The fourth-order valence-electron chi connectivity index (χ4n) is 2.35. The number of nitrogens with zero attached hydrogens (tertiary/aromatic N) is 1. The minimum absolute atomic E-state index is 0.0432. The molecule has 0 aliphatic carbocycles. The van der Waals surface area contributed by atoms with Crippen LogP contribution in [0.15, 0.2) is 36.5 Å². The number of aromatic nitrogens is 1. The first-order chi connectivity index (χ1) is 10.6. The Morgan fingerprint density at radius 2 is 2.05 bits per heavy atom. The predicted octanol–water partition coefficient (Wildman–Crippen LogP) is 2.35. The molecule has 1 heterocycles. The average molecular weight is 303 g/mol. The molecule has 2 atom stereocenters. The lowest BCUT2D eigenvalue weighted by atomic mass is 10.1. The van der Waals surface area contributed by atoms with Gasteiger partial charge in [-0.3, -0.25) is 0 Å². The Morgan fingerprint density at radius 1 is 1.27 bits per heavy atom. The molecule has 0 radical (unpaired) electrons. The number of benzene rings is 1. The third-order valence-electron chi connectivity index (χ3n) is 4.04. The molecule has 5 nitrogen and oxygen atoms in total. The van der Waals surface area contributed by atoms with Gasteiger partial charge in [0.05, 0.1) is 0 Å². The fourth-order valence-corrected chi connectivity index (χ4v) is 2.35. The standard InChI is InChI=1S/C17H25N3O2/c1-13(12-21)14(2)19-17(22)18-9-5-10-20-11-8-15-6-3-4-7-16(15)20/h3-4,6-8,11,13-14,21H,5,9-10,12H2,1-2H3,(H2,18,19,22). The van der Waals surface area contributed by atoms with Gasteiger partial charge in [-0.05, 0) is 36.8 Å². The highest BCUT2D eigenvalue weighted by Crippen LogP contribution is 2.15. The third-order valence-corrected chi connectivity index (χ3v) is 4.04. The first-order valence-corrected chi connectivity index (χ1v) is 7.81. The molecular weight excluding hydrogens is 278 g/mol. The quantitative estimate of drug-likeness (QED) is 0.687. The van der Waals surface area contributed by atoms with E-state index in [4.69, 9.17) is 5.11 Å². The summed E-state index contributed by atoms with van der Waals surface area (Å²) in [4.78, 5) is 11.7. The summed E-state index contributed by atoms with van der Waals surface area (Å²) in [5.41, 5.74) is 1.22. The van der Waals surface area contributed by atoms with Gasteiger partial charge in [0.15, 0.2) is 0 Å². The zero-order chi connectivity index (χ0) is 15.9. The molecule has 1 aromatic carbocycles. The van der Waals surface area contributed by atoms with Gasteiger partial charge in [0, 0.05) is 37.5 Å². The summed E-state index contributed by atoms with van der Waals surface area (Å²) >= 11 is 0. The summed E-state index contributed by atoms with van der Waals surface area (Å²) in [5, 5.41) is 16.0. The lowest BCUT2D eigenvalue weighted by molar-refractivity contribution is 0.200. The summed E-state index contributed by atoms with van der Waals surface area (Å²) < 4.78 is 2.20. The van der Waals surface area contributed by atoms with Crippen molar-refractivity contribution < 1.29 is 9.90 Å². The third kappa shape index (κ3) is 4.24.